The van der Waals surface area contributed by atoms with E-state index in [4.69, 9.17) is 0 Å². The van der Waals surface area contributed by atoms with Crippen LogP contribution in [0.3, 0.4) is 0 Å². The Morgan fingerprint density at radius 1 is 1.04 bits per heavy atom. The summed E-state index contributed by atoms with van der Waals surface area (Å²) in [6.07, 6.45) is 3.51. The number of aryl methyl sites for hydroxylation is 1. The molecule has 0 aliphatic rings. The summed E-state index contributed by atoms with van der Waals surface area (Å²) in [4.78, 5) is 8.75. The van der Waals surface area contributed by atoms with Gasteiger partial charge < -0.3 is 5.11 Å². The Bertz CT molecular complexity index is 1060. The minimum atomic E-state index is -0.281. The molecule has 6 heteroatoms. The first-order chi connectivity index (χ1) is 11.6. The minimum Gasteiger partial charge on any atom is -0.504 e. The van der Waals surface area contributed by atoms with Crippen LogP contribution in [0.2, 0.25) is 0 Å². The molecule has 4 aromatic rings. The lowest BCUT2D eigenvalue weighted by Crippen LogP contribution is -1.92. The van der Waals surface area contributed by atoms with Crippen LogP contribution >= 0.6 is 0 Å². The molecule has 1 N–H and O–H groups in total. The third-order valence-electron chi connectivity index (χ3n) is 3.75. The summed E-state index contributed by atoms with van der Waals surface area (Å²) in [6.45, 7) is 1.89. The van der Waals surface area contributed by atoms with E-state index in [2.05, 4.69) is 15.1 Å². The largest absolute Gasteiger partial charge is 0.504 e. The number of halogens is 1. The predicted molar refractivity (Wildman–Crippen MR) is 90.0 cm³/mol. The molecule has 0 spiro atoms. The highest BCUT2D eigenvalue weighted by Crippen LogP contribution is 2.19. The number of pyridine rings is 2. The maximum Gasteiger partial charge on any atom is 0.198 e. The van der Waals surface area contributed by atoms with Gasteiger partial charge in [-0.1, -0.05) is 6.07 Å². The van der Waals surface area contributed by atoms with Gasteiger partial charge in [0.25, 0.3) is 0 Å². The molecule has 0 saturated heterocycles. The molecular weight excluding hydrogens is 307 g/mol. The molecule has 0 radical (unpaired) electrons. The molecule has 3 heterocycles. The first-order valence-corrected chi connectivity index (χ1v) is 7.40. The Labute approximate surface area is 136 Å². The Morgan fingerprint density at radius 2 is 1.92 bits per heavy atom. The number of hydrogen-bond acceptors (Lipinski definition) is 4. The summed E-state index contributed by atoms with van der Waals surface area (Å²) < 4.78 is 14.8. The maximum absolute atomic E-state index is 13.2. The fourth-order valence-electron chi connectivity index (χ4n) is 2.52. The lowest BCUT2D eigenvalue weighted by Gasteiger charge is -1.98. The van der Waals surface area contributed by atoms with Gasteiger partial charge in [0.1, 0.15) is 5.82 Å². The van der Waals surface area contributed by atoms with Crippen molar-refractivity contribution in [3.63, 3.8) is 0 Å². The number of rotatable bonds is 2. The molecule has 118 valence electrons. The lowest BCUT2D eigenvalue weighted by atomic mass is 10.2. The zero-order chi connectivity index (χ0) is 16.7. The minimum absolute atomic E-state index is 0.0820. The predicted octanol–water partition coefficient (Wildman–Crippen LogP) is 3.60. The Morgan fingerprint density at radius 3 is 2.75 bits per heavy atom. The highest BCUT2D eigenvalue weighted by Gasteiger charge is 2.07. The van der Waals surface area contributed by atoms with Crippen molar-refractivity contribution in [1.82, 2.24) is 19.6 Å². The van der Waals surface area contributed by atoms with Crippen LogP contribution in [0.1, 0.15) is 17.2 Å². The van der Waals surface area contributed by atoms with Crippen molar-refractivity contribution in [2.75, 3.05) is 0 Å². The maximum atomic E-state index is 13.2. The van der Waals surface area contributed by atoms with Crippen LogP contribution in [0.15, 0.2) is 42.5 Å². The monoisotopic (exact) mass is 320 g/mol. The smallest absolute Gasteiger partial charge is 0.198 e. The molecule has 0 saturated carbocycles. The first-order valence-electron chi connectivity index (χ1n) is 7.40. The molecule has 24 heavy (non-hydrogen) atoms. The van der Waals surface area contributed by atoms with Gasteiger partial charge in [-0.05, 0) is 55.5 Å². The molecule has 0 aliphatic carbocycles. The third kappa shape index (κ3) is 2.48. The fraction of sp³-hybridized carbons (Fsp3) is 0.0556. The van der Waals surface area contributed by atoms with E-state index in [1.165, 1.54) is 12.1 Å². The van der Waals surface area contributed by atoms with Gasteiger partial charge in [-0.3, -0.25) is 0 Å². The summed E-state index contributed by atoms with van der Waals surface area (Å²) in [7, 11) is 0. The Balaban J connectivity index is 1.71. The van der Waals surface area contributed by atoms with Crippen molar-refractivity contribution >= 4 is 28.7 Å². The van der Waals surface area contributed by atoms with E-state index < -0.39 is 0 Å². The van der Waals surface area contributed by atoms with Crippen molar-refractivity contribution in [3.05, 3.63) is 65.5 Å². The molecule has 4 rings (SSSR count). The van der Waals surface area contributed by atoms with Gasteiger partial charge in [-0.2, -0.15) is 0 Å². The average molecular weight is 320 g/mol. The van der Waals surface area contributed by atoms with E-state index >= 15 is 0 Å². The molecular formula is C18H13FN4O. The van der Waals surface area contributed by atoms with Gasteiger partial charge in [-0.25, -0.2) is 18.9 Å². The molecule has 5 nitrogen and oxygen atoms in total. The van der Waals surface area contributed by atoms with Gasteiger partial charge in [0.15, 0.2) is 17.2 Å². The Hall–Kier alpha value is -3.28. The molecule has 0 fully saturated rings. The SMILES string of the molecule is Cc1ccc(O)c2nc(C=Cc3ccc4cc(F)ccc4n3)nn12. The second kappa shape index (κ2) is 5.42. The number of aromatic nitrogens is 4. The van der Waals surface area contributed by atoms with E-state index in [1.54, 1.807) is 40.9 Å². The first kappa shape index (κ1) is 14.3. The third-order valence-corrected chi connectivity index (χ3v) is 3.75. The average Bonchev–Trinajstić information content (AvgIpc) is 3.02. The van der Waals surface area contributed by atoms with E-state index in [0.717, 1.165) is 16.6 Å². The zero-order valence-electron chi connectivity index (χ0n) is 12.8. The van der Waals surface area contributed by atoms with Crippen LogP contribution in [0.5, 0.6) is 5.75 Å². The van der Waals surface area contributed by atoms with Crippen LogP contribution < -0.4 is 0 Å². The van der Waals surface area contributed by atoms with E-state index in [0.29, 0.717) is 17.2 Å². The number of hydrogen-bond donors (Lipinski definition) is 1. The topological polar surface area (TPSA) is 63.3 Å². The van der Waals surface area contributed by atoms with E-state index in [-0.39, 0.29) is 11.6 Å². The number of fused-ring (bicyclic) bond motifs is 2. The van der Waals surface area contributed by atoms with Crippen LogP contribution in [-0.4, -0.2) is 24.7 Å². The normalized spacial score (nSPS) is 11.8. The zero-order valence-corrected chi connectivity index (χ0v) is 12.8. The highest BCUT2D eigenvalue weighted by atomic mass is 19.1. The molecule has 0 unspecified atom stereocenters. The highest BCUT2D eigenvalue weighted by molar-refractivity contribution is 5.80. The number of nitrogens with zero attached hydrogens (tertiary/aromatic N) is 4. The van der Waals surface area contributed by atoms with E-state index in [1.807, 2.05) is 13.0 Å². The van der Waals surface area contributed by atoms with Gasteiger partial charge in [0.05, 0.1) is 11.2 Å². The van der Waals surface area contributed by atoms with Crippen molar-refractivity contribution in [1.29, 1.82) is 0 Å². The van der Waals surface area contributed by atoms with Gasteiger partial charge in [0, 0.05) is 11.1 Å². The van der Waals surface area contributed by atoms with Gasteiger partial charge in [0.2, 0.25) is 0 Å². The summed E-state index contributed by atoms with van der Waals surface area (Å²) in [5.74, 6) is 0.274. The summed E-state index contributed by atoms with van der Waals surface area (Å²) in [5, 5.41) is 14.9. The van der Waals surface area contributed by atoms with Crippen molar-refractivity contribution in [2.45, 2.75) is 6.92 Å². The summed E-state index contributed by atoms with van der Waals surface area (Å²) in [6, 6.07) is 11.5. The van der Waals surface area contributed by atoms with Crippen LogP contribution in [0, 0.1) is 12.7 Å². The van der Waals surface area contributed by atoms with Crippen molar-refractivity contribution in [3.8, 4) is 5.75 Å². The number of aromatic hydroxyl groups is 1. The standard InChI is InChI=1S/C18H13FN4O/c1-11-2-8-16(24)18-21-17(22-23(11)18)9-6-14-5-3-12-10-13(19)4-7-15(12)20-14/h2-10,24H,1H3. The summed E-state index contributed by atoms with van der Waals surface area (Å²) in [5.41, 5.74) is 2.72. The lowest BCUT2D eigenvalue weighted by molar-refractivity contribution is 0.476. The summed E-state index contributed by atoms with van der Waals surface area (Å²) >= 11 is 0. The van der Waals surface area contributed by atoms with Crippen molar-refractivity contribution < 1.29 is 9.50 Å². The second-order valence-electron chi connectivity index (χ2n) is 5.47. The molecule has 1 aromatic carbocycles. The van der Waals surface area contributed by atoms with Crippen molar-refractivity contribution in [2.24, 2.45) is 0 Å². The van der Waals surface area contributed by atoms with E-state index in [9.17, 15) is 9.50 Å². The van der Waals surface area contributed by atoms with Crippen LogP contribution in [0.4, 0.5) is 4.39 Å². The molecule has 3 aromatic heterocycles. The van der Waals surface area contributed by atoms with Crippen LogP contribution in [-0.2, 0) is 0 Å². The number of benzene rings is 1. The second-order valence-corrected chi connectivity index (χ2v) is 5.47. The fourth-order valence-corrected chi connectivity index (χ4v) is 2.52. The molecule has 0 atom stereocenters. The quantitative estimate of drug-likeness (QED) is 0.613. The van der Waals surface area contributed by atoms with Gasteiger partial charge in [-0.15, -0.1) is 5.10 Å². The van der Waals surface area contributed by atoms with Gasteiger partial charge >= 0.3 is 0 Å². The molecule has 0 aliphatic heterocycles. The van der Waals surface area contributed by atoms with Crippen LogP contribution in [0.25, 0.3) is 28.7 Å². The Kier molecular flexibility index (Phi) is 3.23. The molecule has 0 amide bonds. The molecule has 0 bridgehead atoms.